The van der Waals surface area contributed by atoms with Gasteiger partial charge in [-0.15, -0.1) is 30.7 Å². The first kappa shape index (κ1) is 15.5. The van der Waals surface area contributed by atoms with Crippen molar-refractivity contribution in [1.82, 2.24) is 0 Å². The normalized spacial score (nSPS) is 12.5. The van der Waals surface area contributed by atoms with Crippen LogP contribution in [0, 0.1) is 0 Å². The minimum absolute atomic E-state index is 0.614. The van der Waals surface area contributed by atoms with E-state index in [0.29, 0.717) is 34.1 Å². The third kappa shape index (κ3) is 3.41. The second-order valence-electron chi connectivity index (χ2n) is 5.21. The molecular formula is C18H11BrN6. The van der Waals surface area contributed by atoms with Crippen molar-refractivity contribution in [3.63, 3.8) is 0 Å². The summed E-state index contributed by atoms with van der Waals surface area (Å²) in [4.78, 5) is 0. The Morgan fingerprint density at radius 1 is 0.440 bits per heavy atom. The summed E-state index contributed by atoms with van der Waals surface area (Å²) in [6, 6.07) is 20.5. The number of halogens is 1. The van der Waals surface area contributed by atoms with Gasteiger partial charge in [0.05, 0.1) is 0 Å². The fourth-order valence-electron chi connectivity index (χ4n) is 2.25. The lowest BCUT2D eigenvalue weighted by Crippen LogP contribution is -1.73. The zero-order chi connectivity index (χ0) is 17.1. The lowest BCUT2D eigenvalue weighted by molar-refractivity contribution is 1.14. The minimum Gasteiger partial charge on any atom is -0.148 e. The first-order valence-corrected chi connectivity index (χ1v) is 8.32. The van der Waals surface area contributed by atoms with Crippen LogP contribution in [0.3, 0.4) is 0 Å². The lowest BCUT2D eigenvalue weighted by Gasteiger charge is -2.03. The average Bonchev–Trinajstić information content (AvgIpc) is 2.64. The van der Waals surface area contributed by atoms with Gasteiger partial charge < -0.3 is 0 Å². The maximum atomic E-state index is 4.32. The molecular weight excluding hydrogens is 380 g/mol. The number of fused-ring (bicyclic) bond motifs is 3. The molecule has 0 spiro atoms. The number of hydrogen-bond donors (Lipinski definition) is 0. The van der Waals surface area contributed by atoms with Gasteiger partial charge in [-0.25, -0.2) is 0 Å². The van der Waals surface area contributed by atoms with E-state index in [0.717, 1.165) is 4.47 Å². The zero-order valence-electron chi connectivity index (χ0n) is 12.9. The van der Waals surface area contributed by atoms with E-state index in [1.165, 1.54) is 0 Å². The average molecular weight is 391 g/mol. The molecule has 0 amide bonds. The van der Waals surface area contributed by atoms with Crippen LogP contribution < -0.4 is 0 Å². The van der Waals surface area contributed by atoms with Gasteiger partial charge in [-0.3, -0.25) is 0 Å². The van der Waals surface area contributed by atoms with Gasteiger partial charge in [-0.1, -0.05) is 40.2 Å². The van der Waals surface area contributed by atoms with Crippen molar-refractivity contribution in [2.45, 2.75) is 0 Å². The van der Waals surface area contributed by atoms with Gasteiger partial charge in [0, 0.05) is 4.47 Å². The molecule has 120 valence electrons. The highest BCUT2D eigenvalue weighted by atomic mass is 79.9. The zero-order valence-corrected chi connectivity index (χ0v) is 14.5. The molecule has 1 aliphatic heterocycles. The smallest absolute Gasteiger partial charge is 0.114 e. The first-order valence-electron chi connectivity index (χ1n) is 7.52. The lowest BCUT2D eigenvalue weighted by atomic mass is 10.2. The van der Waals surface area contributed by atoms with E-state index in [2.05, 4.69) is 46.6 Å². The van der Waals surface area contributed by atoms with Gasteiger partial charge in [-0.05, 0) is 42.5 Å². The van der Waals surface area contributed by atoms with Crippen LogP contribution >= 0.6 is 15.9 Å². The van der Waals surface area contributed by atoms with Crippen molar-refractivity contribution in [3.05, 3.63) is 71.2 Å². The van der Waals surface area contributed by atoms with Gasteiger partial charge in [0.15, 0.2) is 0 Å². The summed E-state index contributed by atoms with van der Waals surface area (Å²) in [6.07, 6.45) is 0. The summed E-state index contributed by atoms with van der Waals surface area (Å²) in [5, 5.41) is 25.8. The van der Waals surface area contributed by atoms with Crippen LogP contribution in [0.25, 0.3) is 0 Å². The SMILES string of the molecule is Brc1ccc2c(c1)N=Nc1ccccc1N=Nc1ccccc1N=N2. The van der Waals surface area contributed by atoms with Crippen LogP contribution in [0.5, 0.6) is 0 Å². The van der Waals surface area contributed by atoms with E-state index in [9.17, 15) is 0 Å². The number of benzene rings is 3. The molecule has 0 aliphatic carbocycles. The van der Waals surface area contributed by atoms with Crippen molar-refractivity contribution in [2.24, 2.45) is 30.7 Å². The van der Waals surface area contributed by atoms with Crippen molar-refractivity contribution in [3.8, 4) is 0 Å². The third-order valence-corrected chi connectivity index (χ3v) is 3.99. The summed E-state index contributed by atoms with van der Waals surface area (Å²) >= 11 is 3.45. The van der Waals surface area contributed by atoms with Crippen molar-refractivity contribution in [1.29, 1.82) is 0 Å². The number of rotatable bonds is 0. The van der Waals surface area contributed by atoms with Crippen molar-refractivity contribution in [2.75, 3.05) is 0 Å². The molecule has 0 saturated carbocycles. The van der Waals surface area contributed by atoms with Crippen LogP contribution in [-0.2, 0) is 0 Å². The Hall–Kier alpha value is -3.06. The molecule has 0 atom stereocenters. The molecule has 7 heteroatoms. The van der Waals surface area contributed by atoms with Gasteiger partial charge in [0.2, 0.25) is 0 Å². The molecule has 0 radical (unpaired) electrons. The van der Waals surface area contributed by atoms with Gasteiger partial charge in [-0.2, -0.15) is 0 Å². The van der Waals surface area contributed by atoms with E-state index >= 15 is 0 Å². The summed E-state index contributed by atoms with van der Waals surface area (Å²) in [5.41, 5.74) is 3.77. The molecule has 4 rings (SSSR count). The first-order chi connectivity index (χ1) is 12.3. The number of nitrogens with zero attached hydrogens (tertiary/aromatic N) is 6. The topological polar surface area (TPSA) is 74.2 Å². The van der Waals surface area contributed by atoms with Gasteiger partial charge >= 0.3 is 0 Å². The fourth-order valence-corrected chi connectivity index (χ4v) is 2.60. The minimum atomic E-state index is 0.614. The van der Waals surface area contributed by atoms with Crippen LogP contribution in [0.2, 0.25) is 0 Å². The largest absolute Gasteiger partial charge is 0.148 e. The maximum Gasteiger partial charge on any atom is 0.114 e. The molecule has 3 aromatic carbocycles. The Bertz CT molecular complexity index is 1020. The highest BCUT2D eigenvalue weighted by Crippen LogP contribution is 2.38. The van der Waals surface area contributed by atoms with E-state index in [1.807, 2.05) is 66.7 Å². The molecule has 1 aliphatic rings. The van der Waals surface area contributed by atoms with Crippen LogP contribution in [-0.4, -0.2) is 0 Å². The Morgan fingerprint density at radius 3 is 1.24 bits per heavy atom. The number of hydrogen-bond acceptors (Lipinski definition) is 6. The highest BCUT2D eigenvalue weighted by Gasteiger charge is 2.07. The molecule has 3 aromatic rings. The van der Waals surface area contributed by atoms with Crippen LogP contribution in [0.1, 0.15) is 0 Å². The predicted octanol–water partition coefficient (Wildman–Crippen LogP) is 8.01. The standard InChI is InChI=1S/C18H11BrN6/c19-12-9-10-17-18(11-12)25-23-16-8-4-3-7-15(16)21-20-13-5-1-2-6-14(13)22-24-17/h1-11H. The van der Waals surface area contributed by atoms with Crippen LogP contribution in [0.4, 0.5) is 34.1 Å². The quantitative estimate of drug-likeness (QED) is 0.291. The van der Waals surface area contributed by atoms with E-state index in [-0.39, 0.29) is 0 Å². The second kappa shape index (κ2) is 6.82. The van der Waals surface area contributed by atoms with Crippen molar-refractivity contribution >= 4 is 50.1 Å². The van der Waals surface area contributed by atoms with E-state index in [1.54, 1.807) is 0 Å². The molecule has 0 N–H and O–H groups in total. The third-order valence-electron chi connectivity index (χ3n) is 3.50. The molecule has 0 saturated heterocycles. The molecule has 6 nitrogen and oxygen atoms in total. The maximum absolute atomic E-state index is 4.32. The Labute approximate surface area is 152 Å². The summed E-state index contributed by atoms with van der Waals surface area (Å²) < 4.78 is 0.890. The van der Waals surface area contributed by atoms with E-state index < -0.39 is 0 Å². The second-order valence-corrected chi connectivity index (χ2v) is 6.13. The predicted molar refractivity (Wildman–Crippen MR) is 99.6 cm³/mol. The van der Waals surface area contributed by atoms with Gasteiger partial charge in [0.25, 0.3) is 0 Å². The Kier molecular flexibility index (Phi) is 4.22. The molecule has 0 fully saturated rings. The van der Waals surface area contributed by atoms with E-state index in [4.69, 9.17) is 0 Å². The molecule has 0 aromatic heterocycles. The monoisotopic (exact) mass is 390 g/mol. The molecule has 1 heterocycles. The number of azo groups is 3. The fraction of sp³-hybridized carbons (Fsp3) is 0. The Morgan fingerprint density at radius 2 is 0.800 bits per heavy atom. The van der Waals surface area contributed by atoms with Gasteiger partial charge in [0.1, 0.15) is 34.1 Å². The summed E-state index contributed by atoms with van der Waals surface area (Å²) in [6.45, 7) is 0. The molecule has 0 unspecified atom stereocenters. The molecule has 25 heavy (non-hydrogen) atoms. The summed E-state index contributed by atoms with van der Waals surface area (Å²) in [5.74, 6) is 0. The highest BCUT2D eigenvalue weighted by molar-refractivity contribution is 9.10. The molecule has 0 bridgehead atoms. The van der Waals surface area contributed by atoms with Crippen molar-refractivity contribution < 1.29 is 0 Å². The summed E-state index contributed by atoms with van der Waals surface area (Å²) in [7, 11) is 0. The van der Waals surface area contributed by atoms with Crippen LogP contribution in [0.15, 0.2) is 102 Å². The Balaban J connectivity index is 1.95.